The second kappa shape index (κ2) is 3.03. The molecule has 1 radical (unpaired) electrons. The normalized spacial score (nSPS) is 13.4. The lowest BCUT2D eigenvalue weighted by Crippen LogP contribution is -1.93. The predicted molar refractivity (Wildman–Crippen MR) is 42.2 cm³/mol. The zero-order chi connectivity index (χ0) is 8.39. The summed E-state index contributed by atoms with van der Waals surface area (Å²) in [6, 6.07) is 6.73. The Morgan fingerprint density at radius 1 is 1.42 bits per heavy atom. The van der Waals surface area contributed by atoms with Gasteiger partial charge in [-0.15, -0.1) is 0 Å². The average molecular weight is 165 g/mol. The summed E-state index contributed by atoms with van der Waals surface area (Å²) in [6.07, 6.45) is 0.608. The highest BCUT2D eigenvalue weighted by molar-refractivity contribution is 5.43. The second-order valence-corrected chi connectivity index (χ2v) is 2.56. The standard InChI is InChI=1S/C9H9O3/c10-4-3-7-1-2-8-9(5-7)12-6-11-8/h1-2,10H,3-4,6H2. The highest BCUT2D eigenvalue weighted by Gasteiger charge is 2.12. The third-order valence-electron chi connectivity index (χ3n) is 1.73. The van der Waals surface area contributed by atoms with Crippen molar-refractivity contribution in [3.05, 3.63) is 23.8 Å². The van der Waals surface area contributed by atoms with E-state index < -0.39 is 0 Å². The average Bonchev–Trinajstić information content (AvgIpc) is 2.51. The first kappa shape index (κ1) is 7.43. The summed E-state index contributed by atoms with van der Waals surface area (Å²) in [5.74, 6) is 1.39. The maximum Gasteiger partial charge on any atom is 0.231 e. The first-order valence-corrected chi connectivity index (χ1v) is 3.82. The molecular formula is C9H9O3. The molecule has 0 fully saturated rings. The van der Waals surface area contributed by atoms with E-state index in [0.29, 0.717) is 12.2 Å². The zero-order valence-electron chi connectivity index (χ0n) is 6.54. The van der Waals surface area contributed by atoms with E-state index in [2.05, 4.69) is 6.07 Å². The number of rotatable bonds is 2. The van der Waals surface area contributed by atoms with Crippen molar-refractivity contribution in [3.63, 3.8) is 0 Å². The largest absolute Gasteiger partial charge is 0.454 e. The smallest absolute Gasteiger partial charge is 0.231 e. The number of benzene rings is 1. The lowest BCUT2D eigenvalue weighted by Gasteiger charge is -1.98. The molecule has 12 heavy (non-hydrogen) atoms. The van der Waals surface area contributed by atoms with Crippen LogP contribution in [-0.2, 0) is 6.42 Å². The Morgan fingerprint density at radius 2 is 2.33 bits per heavy atom. The van der Waals surface area contributed by atoms with Gasteiger partial charge in [0.2, 0.25) is 6.79 Å². The Bertz CT molecular complexity index is 283. The zero-order valence-corrected chi connectivity index (χ0v) is 6.54. The first-order valence-electron chi connectivity index (χ1n) is 3.82. The number of hydrogen-bond donors (Lipinski definition) is 1. The summed E-state index contributed by atoms with van der Waals surface area (Å²) in [7, 11) is 0. The first-order chi connectivity index (χ1) is 5.90. The van der Waals surface area contributed by atoms with Crippen LogP contribution in [0.1, 0.15) is 5.56 Å². The molecule has 1 heterocycles. The molecule has 0 aromatic heterocycles. The molecule has 0 bridgehead atoms. The minimum Gasteiger partial charge on any atom is -0.454 e. The molecule has 3 nitrogen and oxygen atoms in total. The van der Waals surface area contributed by atoms with Crippen molar-refractivity contribution in [2.75, 3.05) is 13.4 Å². The third kappa shape index (κ3) is 1.23. The van der Waals surface area contributed by atoms with Crippen LogP contribution < -0.4 is 9.47 Å². The van der Waals surface area contributed by atoms with Crippen molar-refractivity contribution in [1.29, 1.82) is 0 Å². The highest BCUT2D eigenvalue weighted by Crippen LogP contribution is 2.31. The molecule has 2 rings (SSSR count). The van der Waals surface area contributed by atoms with Crippen LogP contribution in [-0.4, -0.2) is 18.5 Å². The molecular weight excluding hydrogens is 156 g/mol. The van der Waals surface area contributed by atoms with Crippen molar-refractivity contribution < 1.29 is 14.6 Å². The fraction of sp³-hybridized carbons (Fsp3) is 0.333. The van der Waals surface area contributed by atoms with Crippen LogP contribution in [0.4, 0.5) is 0 Å². The Labute approximate surface area is 70.5 Å². The Morgan fingerprint density at radius 3 is 3.17 bits per heavy atom. The van der Waals surface area contributed by atoms with E-state index >= 15 is 0 Å². The van der Waals surface area contributed by atoms with E-state index in [1.807, 2.05) is 12.1 Å². The van der Waals surface area contributed by atoms with Gasteiger partial charge >= 0.3 is 0 Å². The summed E-state index contributed by atoms with van der Waals surface area (Å²) >= 11 is 0. The number of aliphatic hydroxyl groups is 1. The lowest BCUT2D eigenvalue weighted by molar-refractivity contribution is 0.173. The maximum atomic E-state index is 8.68. The van der Waals surface area contributed by atoms with Crippen molar-refractivity contribution in [2.45, 2.75) is 6.42 Å². The van der Waals surface area contributed by atoms with Gasteiger partial charge in [0.05, 0.1) is 0 Å². The molecule has 0 saturated heterocycles. The Balaban J connectivity index is 2.26. The summed E-state index contributed by atoms with van der Waals surface area (Å²) in [5, 5.41) is 8.68. The van der Waals surface area contributed by atoms with Crippen LogP contribution in [0.3, 0.4) is 0 Å². The topological polar surface area (TPSA) is 38.7 Å². The van der Waals surface area contributed by atoms with Gasteiger partial charge in [-0.1, -0.05) is 6.07 Å². The SMILES string of the molecule is OCCc1[c]c2c(cc1)OCO2. The van der Waals surface area contributed by atoms with Gasteiger partial charge in [-0.2, -0.15) is 0 Å². The molecule has 0 saturated carbocycles. The van der Waals surface area contributed by atoms with Gasteiger partial charge in [-0.3, -0.25) is 0 Å². The molecule has 0 amide bonds. The maximum absolute atomic E-state index is 8.68. The van der Waals surface area contributed by atoms with Crippen molar-refractivity contribution in [2.24, 2.45) is 0 Å². The highest BCUT2D eigenvalue weighted by atomic mass is 16.7. The summed E-state index contributed by atoms with van der Waals surface area (Å²) in [6.45, 7) is 0.407. The van der Waals surface area contributed by atoms with Gasteiger partial charge in [0.1, 0.15) is 0 Å². The number of aliphatic hydroxyl groups excluding tert-OH is 1. The molecule has 3 heteroatoms. The van der Waals surface area contributed by atoms with Crippen molar-refractivity contribution in [1.82, 2.24) is 0 Å². The van der Waals surface area contributed by atoms with Crippen molar-refractivity contribution >= 4 is 0 Å². The molecule has 1 N–H and O–H groups in total. The summed E-state index contributed by atoms with van der Waals surface area (Å²) in [4.78, 5) is 0. The Kier molecular flexibility index (Phi) is 1.87. The van der Waals surface area contributed by atoms with E-state index in [1.165, 1.54) is 0 Å². The molecule has 0 unspecified atom stereocenters. The molecule has 0 atom stereocenters. The fourth-order valence-electron chi connectivity index (χ4n) is 1.14. The van der Waals surface area contributed by atoms with Gasteiger partial charge in [-0.25, -0.2) is 0 Å². The van der Waals surface area contributed by atoms with Crippen LogP contribution in [0.5, 0.6) is 11.5 Å². The molecule has 63 valence electrons. The predicted octanol–water partition coefficient (Wildman–Crippen LogP) is 0.750. The quantitative estimate of drug-likeness (QED) is 0.702. The van der Waals surface area contributed by atoms with E-state index in [0.717, 1.165) is 11.3 Å². The van der Waals surface area contributed by atoms with E-state index in [9.17, 15) is 0 Å². The second-order valence-electron chi connectivity index (χ2n) is 2.56. The van der Waals surface area contributed by atoms with Gasteiger partial charge < -0.3 is 14.6 Å². The molecule has 0 spiro atoms. The minimum atomic E-state index is 0.135. The molecule has 1 aliphatic heterocycles. The van der Waals surface area contributed by atoms with Crippen LogP contribution in [0.2, 0.25) is 0 Å². The van der Waals surface area contributed by atoms with Gasteiger partial charge in [0, 0.05) is 12.7 Å². The number of fused-ring (bicyclic) bond motifs is 1. The van der Waals surface area contributed by atoms with Crippen LogP contribution in [0, 0.1) is 6.07 Å². The van der Waals surface area contributed by atoms with E-state index in [-0.39, 0.29) is 13.4 Å². The number of hydrogen-bond acceptors (Lipinski definition) is 3. The van der Waals surface area contributed by atoms with Gasteiger partial charge in [0.25, 0.3) is 0 Å². The summed E-state index contributed by atoms with van der Waals surface area (Å²) in [5.41, 5.74) is 0.946. The Hall–Kier alpha value is -1.22. The molecule has 1 aromatic rings. The monoisotopic (exact) mass is 165 g/mol. The number of ether oxygens (including phenoxy) is 2. The third-order valence-corrected chi connectivity index (χ3v) is 1.73. The van der Waals surface area contributed by atoms with E-state index in [4.69, 9.17) is 14.6 Å². The van der Waals surface area contributed by atoms with Gasteiger partial charge in [0.15, 0.2) is 11.5 Å². The van der Waals surface area contributed by atoms with E-state index in [1.54, 1.807) is 0 Å². The molecule has 0 aliphatic carbocycles. The fourth-order valence-corrected chi connectivity index (χ4v) is 1.14. The van der Waals surface area contributed by atoms with Gasteiger partial charge in [-0.05, 0) is 18.1 Å². The van der Waals surface area contributed by atoms with Crippen LogP contribution in [0.25, 0.3) is 0 Å². The van der Waals surface area contributed by atoms with Crippen LogP contribution >= 0.6 is 0 Å². The molecule has 1 aliphatic rings. The van der Waals surface area contributed by atoms with Crippen LogP contribution in [0.15, 0.2) is 12.1 Å². The summed E-state index contributed by atoms with van der Waals surface area (Å²) < 4.78 is 10.2. The minimum absolute atomic E-state index is 0.135. The molecule has 1 aromatic carbocycles. The lowest BCUT2D eigenvalue weighted by atomic mass is 10.1. The van der Waals surface area contributed by atoms with Crippen molar-refractivity contribution in [3.8, 4) is 11.5 Å².